The number of aromatic amines is 2. The van der Waals surface area contributed by atoms with E-state index in [0.717, 1.165) is 68.1 Å². The topological polar surface area (TPSA) is 89.6 Å². The van der Waals surface area contributed by atoms with E-state index in [2.05, 4.69) is 134 Å². The van der Waals surface area contributed by atoms with E-state index in [1.165, 1.54) is 21.5 Å². The van der Waals surface area contributed by atoms with Crippen LogP contribution in [0.3, 0.4) is 0 Å². The minimum absolute atomic E-state index is 0.987. The van der Waals surface area contributed by atoms with E-state index in [1.54, 1.807) is 0 Å². The standard InChI is InChI=1S/C32H22N8.Sn/c1-2-10-18-17(9-1)25-33-26(18)38-28-21-13-5-6-14-22(21)30(35-28)40-32-24-16-8-7-15-23(24)31(36-32)39-29-20-12-4-3-11-19(20)27(34-29)37-25;/h1-16,33,36-40H;/q-2;+2. The molecule has 6 N–H and O–H groups in total. The molecule has 9 heteroatoms. The van der Waals surface area contributed by atoms with Crippen molar-refractivity contribution >= 4 is 111 Å². The van der Waals surface area contributed by atoms with Gasteiger partial charge in [-0.05, 0) is 0 Å². The van der Waals surface area contributed by atoms with E-state index in [4.69, 9.17) is 0 Å². The molecule has 0 atom stereocenters. The summed E-state index contributed by atoms with van der Waals surface area (Å²) < 4.78 is 5.04. The second-order valence-corrected chi connectivity index (χ2v) is 13.7. The summed E-state index contributed by atoms with van der Waals surface area (Å²) >= 11 is -1.59. The second kappa shape index (κ2) is 7.82. The normalized spacial score (nSPS) is 13.6. The van der Waals surface area contributed by atoms with Gasteiger partial charge in [0.25, 0.3) is 0 Å². The van der Waals surface area contributed by atoms with Gasteiger partial charge in [0.1, 0.15) is 0 Å². The zero-order valence-corrected chi connectivity index (χ0v) is 24.5. The summed E-state index contributed by atoms with van der Waals surface area (Å²) in [6.07, 6.45) is 0. The van der Waals surface area contributed by atoms with Crippen LogP contribution in [0.2, 0.25) is 0 Å². The zero-order chi connectivity index (χ0) is 26.7. The first-order valence-corrected chi connectivity index (χ1v) is 16.2. The van der Waals surface area contributed by atoms with Crippen molar-refractivity contribution < 1.29 is 0 Å². The third kappa shape index (κ3) is 2.89. The Morgan fingerprint density at radius 1 is 0.341 bits per heavy atom. The zero-order valence-electron chi connectivity index (χ0n) is 21.6. The van der Waals surface area contributed by atoms with Gasteiger partial charge >= 0.3 is 245 Å². The number of hydrogen-bond donors (Lipinski definition) is 6. The van der Waals surface area contributed by atoms with Crippen molar-refractivity contribution in [3.05, 3.63) is 97.1 Å². The first-order valence-electron chi connectivity index (χ1n) is 13.7. The second-order valence-electron chi connectivity index (χ2n) is 10.6. The van der Waals surface area contributed by atoms with E-state index in [1.807, 2.05) is 0 Å². The third-order valence-corrected chi connectivity index (χ3v) is 12.1. The van der Waals surface area contributed by atoms with Crippen LogP contribution >= 0.6 is 0 Å². The Morgan fingerprint density at radius 2 is 0.585 bits per heavy atom. The molecule has 41 heavy (non-hydrogen) atoms. The van der Waals surface area contributed by atoms with E-state index in [9.17, 15) is 0 Å². The van der Waals surface area contributed by atoms with Gasteiger partial charge in [0.05, 0.1) is 0 Å². The molecule has 0 amide bonds. The molecule has 6 heterocycles. The van der Waals surface area contributed by atoms with E-state index in [0.29, 0.717) is 0 Å². The van der Waals surface area contributed by atoms with Crippen LogP contribution in [0.4, 0.5) is 46.5 Å². The molecule has 2 radical (unpaired) electrons. The molecule has 0 saturated carbocycles. The van der Waals surface area contributed by atoms with Crippen LogP contribution in [0.25, 0.3) is 43.1 Å². The molecule has 10 rings (SSSR count). The van der Waals surface area contributed by atoms with Gasteiger partial charge in [0.2, 0.25) is 0 Å². The van der Waals surface area contributed by atoms with Gasteiger partial charge in [-0.15, -0.1) is 0 Å². The molecule has 0 spiro atoms. The minimum atomic E-state index is -1.59. The van der Waals surface area contributed by atoms with Crippen LogP contribution in [-0.4, -0.2) is 37.2 Å². The van der Waals surface area contributed by atoms with Crippen molar-refractivity contribution in [1.29, 1.82) is 0 Å². The molecule has 194 valence electrons. The number of nitrogens with zero attached hydrogens (tertiary/aromatic N) is 2. The third-order valence-electron chi connectivity index (χ3n) is 8.37. The molecule has 8 nitrogen and oxygen atoms in total. The Kier molecular flexibility index (Phi) is 4.16. The summed E-state index contributed by atoms with van der Waals surface area (Å²) in [6, 6.07) is 34.5. The molecule has 0 aliphatic carbocycles. The van der Waals surface area contributed by atoms with Crippen molar-refractivity contribution in [3.8, 4) is 0 Å². The average Bonchev–Trinajstić information content (AvgIpc) is 3.72. The predicted molar refractivity (Wildman–Crippen MR) is 170 cm³/mol. The molecule has 4 aromatic carbocycles. The van der Waals surface area contributed by atoms with E-state index < -0.39 is 21.7 Å². The fraction of sp³-hybridized carbons (Fsp3) is 0. The molecule has 0 unspecified atom stereocenters. The summed E-state index contributed by atoms with van der Waals surface area (Å²) in [4.78, 5) is 7.41. The first kappa shape index (κ1) is 21.8. The summed E-state index contributed by atoms with van der Waals surface area (Å²) in [5, 5.41) is 24.8. The van der Waals surface area contributed by atoms with Crippen LogP contribution in [0, 0.1) is 0 Å². The van der Waals surface area contributed by atoms with Gasteiger partial charge in [-0.2, -0.15) is 0 Å². The van der Waals surface area contributed by atoms with Crippen LogP contribution in [0.15, 0.2) is 97.1 Å². The SMILES string of the molecule is c1ccc2c3[nH]c(c2c1)Nc1c2ccccc2c2[n]1[Sn][n]1c(c4ccccc4c1Nc1[nH]c(c4ccccc14)N2)N3. The molecule has 0 saturated heterocycles. The fourth-order valence-corrected chi connectivity index (χ4v) is 10.2. The number of aromatic nitrogens is 4. The molecule has 2 aliphatic heterocycles. The van der Waals surface area contributed by atoms with Crippen LogP contribution in [0.1, 0.15) is 0 Å². The molecular formula is C32H22N8Sn. The summed E-state index contributed by atoms with van der Waals surface area (Å²) in [5.74, 6) is 8.34. The number of H-pyrrole nitrogens is 2. The van der Waals surface area contributed by atoms with Crippen molar-refractivity contribution in [2.45, 2.75) is 0 Å². The average molecular weight is 637 g/mol. The molecule has 4 aromatic heterocycles. The first-order chi connectivity index (χ1) is 20.3. The number of anilines is 8. The number of fused-ring (bicyclic) bond motifs is 16. The van der Waals surface area contributed by atoms with Gasteiger partial charge in [0, 0.05) is 0 Å². The number of hydrogen-bond acceptors (Lipinski definition) is 4. The predicted octanol–water partition coefficient (Wildman–Crippen LogP) is 8.09. The summed E-state index contributed by atoms with van der Waals surface area (Å²) in [5.41, 5.74) is 0. The van der Waals surface area contributed by atoms with Gasteiger partial charge in [-0.1, -0.05) is 0 Å². The summed E-state index contributed by atoms with van der Waals surface area (Å²) in [7, 11) is 0. The maximum absolute atomic E-state index is 3.86. The number of benzene rings is 4. The Labute approximate surface area is 244 Å². The fourth-order valence-electron chi connectivity index (χ4n) is 6.52. The Bertz CT molecular complexity index is 2050. The van der Waals surface area contributed by atoms with E-state index >= 15 is 0 Å². The Morgan fingerprint density at radius 3 is 0.854 bits per heavy atom. The monoisotopic (exact) mass is 638 g/mol. The van der Waals surface area contributed by atoms with E-state index in [-0.39, 0.29) is 0 Å². The van der Waals surface area contributed by atoms with Gasteiger partial charge in [-0.3, -0.25) is 0 Å². The van der Waals surface area contributed by atoms with Crippen molar-refractivity contribution in [3.63, 3.8) is 0 Å². The van der Waals surface area contributed by atoms with Gasteiger partial charge in [-0.25, -0.2) is 0 Å². The quantitative estimate of drug-likeness (QED) is 0.0950. The molecular weight excluding hydrogens is 615 g/mol. The Balaban J connectivity index is 1.40. The van der Waals surface area contributed by atoms with Crippen molar-refractivity contribution in [1.82, 2.24) is 15.5 Å². The Hall–Kier alpha value is -4.96. The molecule has 2 aliphatic rings. The summed E-state index contributed by atoms with van der Waals surface area (Å²) in [6.45, 7) is 0. The molecule has 0 fully saturated rings. The maximum atomic E-state index is 3.86. The van der Waals surface area contributed by atoms with Crippen LogP contribution in [0.5, 0.6) is 0 Å². The number of nitrogens with one attached hydrogen (secondary N) is 6. The van der Waals surface area contributed by atoms with Crippen molar-refractivity contribution in [2.24, 2.45) is 0 Å². The van der Waals surface area contributed by atoms with Crippen molar-refractivity contribution in [2.75, 3.05) is 21.3 Å². The molecule has 6 bridgehead atoms. The van der Waals surface area contributed by atoms with Gasteiger partial charge in [0.15, 0.2) is 0 Å². The molecule has 8 aromatic rings. The van der Waals surface area contributed by atoms with Crippen LogP contribution in [-0.2, 0) is 0 Å². The number of rotatable bonds is 0. The van der Waals surface area contributed by atoms with Crippen LogP contribution < -0.4 is 21.3 Å². The van der Waals surface area contributed by atoms with Gasteiger partial charge < -0.3 is 0 Å².